The average molecular weight is 295 g/mol. The summed E-state index contributed by atoms with van der Waals surface area (Å²) >= 11 is 0. The molecule has 0 saturated carbocycles. The smallest absolute Gasteiger partial charge is 0.326 e. The first-order chi connectivity index (χ1) is 9.92. The minimum atomic E-state index is -1.16. The van der Waals surface area contributed by atoms with Crippen LogP contribution in [0.1, 0.15) is 12.5 Å². The zero-order valence-corrected chi connectivity index (χ0v) is 11.8. The highest BCUT2D eigenvalue weighted by Crippen LogP contribution is 2.12. The number of aliphatic carboxylic acids is 1. The Kier molecular flexibility index (Phi) is 6.19. The molecule has 1 amide bonds. The molecule has 0 bridgehead atoms. The average Bonchev–Trinajstić information content (AvgIpc) is 2.45. The number of benzene rings is 1. The van der Waals surface area contributed by atoms with E-state index in [1.165, 1.54) is 14.0 Å². The molecule has 1 atom stereocenters. The summed E-state index contributed by atoms with van der Waals surface area (Å²) in [6.07, 6.45) is 0.116. The van der Waals surface area contributed by atoms with Crippen molar-refractivity contribution < 1.29 is 29.0 Å². The molecule has 0 radical (unpaired) electrons. The van der Waals surface area contributed by atoms with Gasteiger partial charge < -0.3 is 19.9 Å². The number of methoxy groups -OCH3 is 1. The SMILES string of the molecule is COc1ccc(C[C@@H](NC(=O)COC(C)=O)C(=O)O)cc1. The molecule has 0 unspecified atom stereocenters. The maximum Gasteiger partial charge on any atom is 0.326 e. The van der Waals surface area contributed by atoms with Gasteiger partial charge in [-0.3, -0.25) is 9.59 Å². The minimum Gasteiger partial charge on any atom is -0.497 e. The molecular weight excluding hydrogens is 278 g/mol. The zero-order chi connectivity index (χ0) is 15.8. The van der Waals surface area contributed by atoms with Crippen LogP contribution in [0.25, 0.3) is 0 Å². The third-order valence-corrected chi connectivity index (χ3v) is 2.64. The summed E-state index contributed by atoms with van der Waals surface area (Å²) in [6.45, 7) is 0.668. The van der Waals surface area contributed by atoms with Gasteiger partial charge in [0.1, 0.15) is 11.8 Å². The molecule has 0 aromatic heterocycles. The first-order valence-corrected chi connectivity index (χ1v) is 6.21. The largest absolute Gasteiger partial charge is 0.497 e. The fraction of sp³-hybridized carbons (Fsp3) is 0.357. The fourth-order valence-corrected chi connectivity index (χ4v) is 1.60. The van der Waals surface area contributed by atoms with Crippen LogP contribution in [0.5, 0.6) is 5.75 Å². The lowest BCUT2D eigenvalue weighted by Crippen LogP contribution is -2.44. The van der Waals surface area contributed by atoms with Crippen LogP contribution in [0.4, 0.5) is 0 Å². The van der Waals surface area contributed by atoms with Gasteiger partial charge in [-0.05, 0) is 17.7 Å². The summed E-state index contributed by atoms with van der Waals surface area (Å²) in [5, 5.41) is 11.4. The highest BCUT2D eigenvalue weighted by atomic mass is 16.5. The van der Waals surface area contributed by atoms with Gasteiger partial charge in [0, 0.05) is 13.3 Å². The fourth-order valence-electron chi connectivity index (χ4n) is 1.60. The quantitative estimate of drug-likeness (QED) is 0.705. The molecule has 1 aromatic carbocycles. The van der Waals surface area contributed by atoms with E-state index in [0.717, 1.165) is 5.56 Å². The summed E-state index contributed by atoms with van der Waals surface area (Å²) in [7, 11) is 1.53. The van der Waals surface area contributed by atoms with Crippen molar-refractivity contribution in [3.8, 4) is 5.75 Å². The maximum absolute atomic E-state index is 11.5. The maximum atomic E-state index is 11.5. The van der Waals surface area contributed by atoms with E-state index in [9.17, 15) is 14.4 Å². The Balaban J connectivity index is 2.62. The highest BCUT2D eigenvalue weighted by Gasteiger charge is 2.20. The van der Waals surface area contributed by atoms with Crippen molar-refractivity contribution in [3.63, 3.8) is 0 Å². The molecule has 0 spiro atoms. The van der Waals surface area contributed by atoms with Crippen LogP contribution in [-0.2, 0) is 25.5 Å². The van der Waals surface area contributed by atoms with Crippen molar-refractivity contribution >= 4 is 17.8 Å². The Morgan fingerprint density at radius 1 is 1.24 bits per heavy atom. The first kappa shape index (κ1) is 16.5. The number of carboxylic acid groups (broad SMARTS) is 1. The van der Waals surface area contributed by atoms with Crippen LogP contribution < -0.4 is 10.1 Å². The Morgan fingerprint density at radius 2 is 1.86 bits per heavy atom. The molecule has 0 aliphatic rings. The van der Waals surface area contributed by atoms with E-state index in [2.05, 4.69) is 10.1 Å². The summed E-state index contributed by atoms with van der Waals surface area (Å²) in [6, 6.07) is 5.74. The molecule has 21 heavy (non-hydrogen) atoms. The lowest BCUT2D eigenvalue weighted by atomic mass is 10.1. The molecule has 1 rings (SSSR count). The topological polar surface area (TPSA) is 102 Å². The van der Waals surface area contributed by atoms with Crippen molar-refractivity contribution in [2.75, 3.05) is 13.7 Å². The molecule has 2 N–H and O–H groups in total. The van der Waals surface area contributed by atoms with Gasteiger partial charge in [0.2, 0.25) is 0 Å². The number of amides is 1. The normalized spacial score (nSPS) is 11.3. The molecule has 1 aromatic rings. The van der Waals surface area contributed by atoms with Crippen LogP contribution in [0.15, 0.2) is 24.3 Å². The van der Waals surface area contributed by atoms with E-state index in [0.29, 0.717) is 5.75 Å². The summed E-state index contributed by atoms with van der Waals surface area (Å²) in [5.41, 5.74) is 0.732. The lowest BCUT2D eigenvalue weighted by Gasteiger charge is -2.14. The van der Waals surface area contributed by atoms with Gasteiger partial charge in [-0.1, -0.05) is 12.1 Å². The van der Waals surface area contributed by atoms with Gasteiger partial charge in [-0.25, -0.2) is 4.79 Å². The predicted molar refractivity (Wildman–Crippen MR) is 72.9 cm³/mol. The number of carbonyl (C=O) groups excluding carboxylic acids is 2. The van der Waals surface area contributed by atoms with Crippen molar-refractivity contribution in [1.82, 2.24) is 5.32 Å². The standard InChI is InChI=1S/C14H17NO6/c1-9(16)21-8-13(17)15-12(14(18)19)7-10-3-5-11(20-2)6-4-10/h3-6,12H,7-8H2,1-2H3,(H,15,17)(H,18,19)/t12-/m1/s1. The van der Waals surface area contributed by atoms with Crippen molar-refractivity contribution in [2.45, 2.75) is 19.4 Å². The van der Waals surface area contributed by atoms with Gasteiger partial charge >= 0.3 is 11.9 Å². The number of nitrogens with one attached hydrogen (secondary N) is 1. The number of hydrogen-bond donors (Lipinski definition) is 2. The van der Waals surface area contributed by atoms with E-state index < -0.39 is 30.5 Å². The Labute approximate surface area is 121 Å². The van der Waals surface area contributed by atoms with Crippen LogP contribution >= 0.6 is 0 Å². The monoisotopic (exact) mass is 295 g/mol. The van der Waals surface area contributed by atoms with Crippen LogP contribution in [0.2, 0.25) is 0 Å². The van der Waals surface area contributed by atoms with Gasteiger partial charge in [0.25, 0.3) is 5.91 Å². The number of esters is 1. The third kappa shape index (κ3) is 5.94. The Bertz CT molecular complexity index is 511. The molecule has 0 fully saturated rings. The zero-order valence-electron chi connectivity index (χ0n) is 11.8. The molecule has 0 aliphatic heterocycles. The van der Waals surface area contributed by atoms with Gasteiger partial charge in [0.05, 0.1) is 7.11 Å². The molecule has 114 valence electrons. The second kappa shape index (κ2) is 7.88. The lowest BCUT2D eigenvalue weighted by molar-refractivity contribution is -0.148. The number of rotatable bonds is 7. The predicted octanol–water partition coefficient (Wildman–Crippen LogP) is 0.370. The second-order valence-electron chi connectivity index (χ2n) is 4.29. The van der Waals surface area contributed by atoms with E-state index >= 15 is 0 Å². The van der Waals surface area contributed by atoms with Crippen LogP contribution in [0, 0.1) is 0 Å². The summed E-state index contributed by atoms with van der Waals surface area (Å²) in [5.74, 6) is -1.77. The van der Waals surface area contributed by atoms with Crippen LogP contribution in [-0.4, -0.2) is 42.7 Å². The molecule has 0 saturated heterocycles. The number of carbonyl (C=O) groups is 3. The summed E-state index contributed by atoms with van der Waals surface area (Å²) < 4.78 is 9.51. The molecule has 7 nitrogen and oxygen atoms in total. The summed E-state index contributed by atoms with van der Waals surface area (Å²) in [4.78, 5) is 33.2. The number of ether oxygens (including phenoxy) is 2. The van der Waals surface area contributed by atoms with Crippen molar-refractivity contribution in [2.24, 2.45) is 0 Å². The molecule has 0 heterocycles. The van der Waals surface area contributed by atoms with E-state index in [-0.39, 0.29) is 6.42 Å². The minimum absolute atomic E-state index is 0.116. The first-order valence-electron chi connectivity index (χ1n) is 6.21. The van der Waals surface area contributed by atoms with Gasteiger partial charge in [-0.2, -0.15) is 0 Å². The van der Waals surface area contributed by atoms with Crippen molar-refractivity contribution in [1.29, 1.82) is 0 Å². The highest BCUT2D eigenvalue weighted by molar-refractivity contribution is 5.85. The Hall–Kier alpha value is -2.57. The molecule has 0 aliphatic carbocycles. The van der Waals surface area contributed by atoms with E-state index in [4.69, 9.17) is 9.84 Å². The third-order valence-electron chi connectivity index (χ3n) is 2.64. The van der Waals surface area contributed by atoms with Crippen LogP contribution in [0.3, 0.4) is 0 Å². The van der Waals surface area contributed by atoms with Crippen molar-refractivity contribution in [3.05, 3.63) is 29.8 Å². The second-order valence-corrected chi connectivity index (χ2v) is 4.29. The van der Waals surface area contributed by atoms with E-state index in [1.54, 1.807) is 24.3 Å². The molecular formula is C14H17NO6. The molecule has 7 heteroatoms. The number of carboxylic acids is 1. The van der Waals surface area contributed by atoms with Gasteiger partial charge in [-0.15, -0.1) is 0 Å². The number of hydrogen-bond acceptors (Lipinski definition) is 5. The van der Waals surface area contributed by atoms with Gasteiger partial charge in [0.15, 0.2) is 6.61 Å². The Morgan fingerprint density at radius 3 is 2.33 bits per heavy atom. The van der Waals surface area contributed by atoms with E-state index in [1.807, 2.05) is 0 Å².